The molecule has 10 heteroatoms. The second-order valence-corrected chi connectivity index (χ2v) is 11.7. The number of nitrogens with one attached hydrogen (secondary N) is 1. The number of carbonyl (C=O) groups excluding carboxylic acids is 2. The quantitative estimate of drug-likeness (QED) is 0.536. The summed E-state index contributed by atoms with van der Waals surface area (Å²) in [4.78, 5) is 27.8. The molecule has 0 aromatic heterocycles. The second-order valence-electron chi connectivity index (χ2n) is 8.93. The van der Waals surface area contributed by atoms with E-state index in [1.54, 1.807) is 55.6 Å². The highest BCUT2D eigenvalue weighted by Crippen LogP contribution is 2.36. The van der Waals surface area contributed by atoms with E-state index in [9.17, 15) is 18.0 Å². The number of ether oxygens (including phenoxy) is 1. The van der Waals surface area contributed by atoms with Crippen LogP contribution in [-0.2, 0) is 26.0 Å². The van der Waals surface area contributed by atoms with Gasteiger partial charge in [-0.25, -0.2) is 0 Å². The summed E-state index contributed by atoms with van der Waals surface area (Å²) >= 11 is 1.06. The van der Waals surface area contributed by atoms with Gasteiger partial charge in [-0.2, -0.15) is 8.42 Å². The van der Waals surface area contributed by atoms with Crippen LogP contribution in [0.3, 0.4) is 0 Å². The van der Waals surface area contributed by atoms with Crippen LogP contribution in [0, 0.1) is 0 Å². The van der Waals surface area contributed by atoms with Crippen LogP contribution in [0.15, 0.2) is 57.8 Å². The highest BCUT2D eigenvalue weighted by Gasteiger charge is 2.43. The summed E-state index contributed by atoms with van der Waals surface area (Å²) in [5.74, 6) is 0.0879. The molecule has 1 aliphatic heterocycles. The number of amides is 2. The summed E-state index contributed by atoms with van der Waals surface area (Å²) in [5.41, 5.74) is 1.62. The fourth-order valence-electron chi connectivity index (χ4n) is 4.46. The molecule has 36 heavy (non-hydrogen) atoms. The number of anilines is 1. The number of rotatable bonds is 8. The van der Waals surface area contributed by atoms with E-state index in [1.807, 2.05) is 6.92 Å². The van der Waals surface area contributed by atoms with E-state index in [1.165, 1.54) is 4.90 Å². The highest BCUT2D eigenvalue weighted by atomic mass is 32.2. The first kappa shape index (κ1) is 26.2. The van der Waals surface area contributed by atoms with Gasteiger partial charge in [0.05, 0.1) is 12.0 Å². The lowest BCUT2D eigenvalue weighted by molar-refractivity contribution is -0.130. The summed E-state index contributed by atoms with van der Waals surface area (Å²) in [6, 6.07) is 13.4. The lowest BCUT2D eigenvalue weighted by Crippen LogP contribution is -2.42. The maximum atomic E-state index is 13.4. The average molecular weight is 530 g/mol. The Morgan fingerprint density at radius 3 is 2.36 bits per heavy atom. The Kier molecular flexibility index (Phi) is 8.35. The van der Waals surface area contributed by atoms with Crippen molar-refractivity contribution in [1.82, 2.24) is 4.90 Å². The van der Waals surface area contributed by atoms with E-state index in [0.717, 1.165) is 55.9 Å². The molecule has 2 aromatic carbocycles. The molecular weight excluding hydrogens is 498 g/mol. The number of carbonyl (C=O) groups is 2. The minimum atomic E-state index is -4.01. The molecule has 0 radical (unpaired) electrons. The molecular formula is C26H31N3O5S2. The number of methoxy groups -OCH3 is 1. The van der Waals surface area contributed by atoms with Crippen molar-refractivity contribution in [3.8, 4) is 5.75 Å². The smallest absolute Gasteiger partial charge is 0.284 e. The number of aryl methyl sites for hydroxylation is 1. The largest absolute Gasteiger partial charge is 0.497 e. The van der Waals surface area contributed by atoms with Gasteiger partial charge in [0.2, 0.25) is 11.8 Å². The van der Waals surface area contributed by atoms with Gasteiger partial charge in [-0.3, -0.25) is 14.5 Å². The number of hydrogen-bond acceptors (Lipinski definition) is 6. The third kappa shape index (κ3) is 6.10. The van der Waals surface area contributed by atoms with Crippen LogP contribution in [0.25, 0.3) is 0 Å². The summed E-state index contributed by atoms with van der Waals surface area (Å²) in [7, 11) is -2.45. The highest BCUT2D eigenvalue weighted by molar-refractivity contribution is 8.16. The van der Waals surface area contributed by atoms with Crippen molar-refractivity contribution in [3.05, 3.63) is 54.1 Å². The fourth-order valence-corrected chi connectivity index (χ4v) is 6.86. The number of amidine groups is 1. The van der Waals surface area contributed by atoms with Gasteiger partial charge in [0, 0.05) is 18.2 Å². The molecule has 1 aliphatic carbocycles. The van der Waals surface area contributed by atoms with Crippen LogP contribution in [0.5, 0.6) is 5.75 Å². The first-order chi connectivity index (χ1) is 17.3. The first-order valence-electron chi connectivity index (χ1n) is 12.2. The molecule has 2 fully saturated rings. The zero-order chi connectivity index (χ0) is 25.7. The van der Waals surface area contributed by atoms with E-state index in [4.69, 9.17) is 4.74 Å². The molecule has 1 N–H and O–H groups in total. The van der Waals surface area contributed by atoms with Crippen LogP contribution in [0.1, 0.15) is 51.0 Å². The van der Waals surface area contributed by atoms with Gasteiger partial charge in [-0.05, 0) is 61.2 Å². The Morgan fingerprint density at radius 2 is 1.75 bits per heavy atom. The molecule has 2 aromatic rings. The molecule has 8 nitrogen and oxygen atoms in total. The lowest BCUT2D eigenvalue weighted by Gasteiger charge is -2.30. The minimum absolute atomic E-state index is 0.0803. The molecule has 0 bridgehead atoms. The van der Waals surface area contributed by atoms with Crippen molar-refractivity contribution < 1.29 is 22.7 Å². The Balaban J connectivity index is 1.55. The molecule has 4 rings (SSSR count). The molecule has 0 unspecified atom stereocenters. The van der Waals surface area contributed by atoms with Gasteiger partial charge >= 0.3 is 0 Å². The number of sulfonamides is 1. The molecule has 1 saturated heterocycles. The number of thioether (sulfide) groups is 1. The van der Waals surface area contributed by atoms with E-state index in [0.29, 0.717) is 11.4 Å². The van der Waals surface area contributed by atoms with Gasteiger partial charge in [0.15, 0.2) is 5.17 Å². The van der Waals surface area contributed by atoms with Crippen LogP contribution in [-0.4, -0.2) is 48.7 Å². The van der Waals surface area contributed by atoms with Crippen molar-refractivity contribution in [1.29, 1.82) is 0 Å². The molecule has 2 aliphatic rings. The topological polar surface area (TPSA) is 105 Å². The summed E-state index contributed by atoms with van der Waals surface area (Å²) in [6.07, 6.45) is 5.34. The minimum Gasteiger partial charge on any atom is -0.497 e. The molecule has 192 valence electrons. The van der Waals surface area contributed by atoms with E-state index in [-0.39, 0.29) is 34.3 Å². The predicted octanol–water partition coefficient (Wildman–Crippen LogP) is 4.61. The fraction of sp³-hybridized carbons (Fsp3) is 0.423. The molecule has 0 spiro atoms. The predicted molar refractivity (Wildman–Crippen MR) is 142 cm³/mol. The van der Waals surface area contributed by atoms with Gasteiger partial charge in [0.1, 0.15) is 11.0 Å². The Labute approximate surface area is 216 Å². The maximum Gasteiger partial charge on any atom is 0.284 e. The molecule has 1 heterocycles. The van der Waals surface area contributed by atoms with Crippen LogP contribution >= 0.6 is 11.8 Å². The van der Waals surface area contributed by atoms with Gasteiger partial charge in [-0.1, -0.05) is 50.1 Å². The summed E-state index contributed by atoms with van der Waals surface area (Å²) in [6.45, 7) is 2.00. The lowest BCUT2D eigenvalue weighted by atomic mass is 9.94. The van der Waals surface area contributed by atoms with Gasteiger partial charge in [0.25, 0.3) is 10.0 Å². The summed E-state index contributed by atoms with van der Waals surface area (Å²) in [5, 5.41) is 2.22. The van der Waals surface area contributed by atoms with Crippen molar-refractivity contribution in [3.63, 3.8) is 0 Å². The number of hydrogen-bond donors (Lipinski definition) is 1. The third-order valence-electron chi connectivity index (χ3n) is 6.48. The van der Waals surface area contributed by atoms with Crippen molar-refractivity contribution in [2.24, 2.45) is 4.40 Å². The molecule has 2 amide bonds. The van der Waals surface area contributed by atoms with Crippen LogP contribution in [0.2, 0.25) is 0 Å². The molecule has 1 atom stereocenters. The second kappa shape index (κ2) is 11.5. The number of nitrogens with zero attached hydrogens (tertiary/aromatic N) is 2. The first-order valence-corrected chi connectivity index (χ1v) is 14.5. The Hall–Kier alpha value is -2.85. The normalized spacial score (nSPS) is 20.1. The third-order valence-corrected chi connectivity index (χ3v) is 9.03. The van der Waals surface area contributed by atoms with Crippen LogP contribution < -0.4 is 10.1 Å². The Bertz CT molecular complexity index is 1220. The maximum absolute atomic E-state index is 13.4. The van der Waals surface area contributed by atoms with Crippen molar-refractivity contribution in [2.75, 3.05) is 12.4 Å². The Morgan fingerprint density at radius 1 is 1.08 bits per heavy atom. The summed E-state index contributed by atoms with van der Waals surface area (Å²) < 4.78 is 35.5. The zero-order valence-electron chi connectivity index (χ0n) is 20.5. The van der Waals surface area contributed by atoms with E-state index >= 15 is 0 Å². The monoisotopic (exact) mass is 529 g/mol. The molecule has 1 saturated carbocycles. The van der Waals surface area contributed by atoms with Gasteiger partial charge in [-0.15, -0.1) is 4.40 Å². The standard InChI is InChI=1S/C26H31N3O5S2/c1-3-18-9-15-22(16-10-18)36(32,33)28-26-29(20-7-5-4-6-8-20)25(31)23(35-26)17-24(30)27-19-11-13-21(34-2)14-12-19/h9-16,20,23H,3-8,17H2,1-2H3,(H,27,30)/t23-/m1/s1. The van der Waals surface area contributed by atoms with Crippen molar-refractivity contribution >= 4 is 44.5 Å². The zero-order valence-corrected chi connectivity index (χ0v) is 22.1. The average Bonchev–Trinajstić information content (AvgIpc) is 3.18. The van der Waals surface area contributed by atoms with Gasteiger partial charge < -0.3 is 10.1 Å². The van der Waals surface area contributed by atoms with E-state index < -0.39 is 15.3 Å². The number of benzene rings is 2. The van der Waals surface area contributed by atoms with Crippen molar-refractivity contribution in [2.45, 2.75) is 68.1 Å². The SMILES string of the molecule is CCc1ccc(S(=O)(=O)N=C2S[C@H](CC(=O)Nc3ccc(OC)cc3)C(=O)N2C2CCCCC2)cc1. The van der Waals surface area contributed by atoms with E-state index in [2.05, 4.69) is 9.71 Å². The van der Waals surface area contributed by atoms with Crippen LogP contribution in [0.4, 0.5) is 5.69 Å².